The molecule has 0 saturated heterocycles. The van der Waals surface area contributed by atoms with Crippen LogP contribution in [-0.2, 0) is 27.2 Å². The zero-order chi connectivity index (χ0) is 20.9. The Kier molecular flexibility index (Phi) is 7.61. The molecular formula is C16H17F6NO3S. The summed E-state index contributed by atoms with van der Waals surface area (Å²) in [5, 5.41) is 0. The average Bonchev–Trinajstić information content (AvgIpc) is 2.56. The third kappa shape index (κ3) is 6.98. The number of hydrogen-bond donors (Lipinski definition) is 1. The maximum Gasteiger partial charge on any atom is 0.416 e. The lowest BCUT2D eigenvalue weighted by Crippen LogP contribution is -2.30. The van der Waals surface area contributed by atoms with Gasteiger partial charge in [-0.15, -0.1) is 0 Å². The standard InChI is InChI=1S/C16H17F6NO3S/c1-2-3-4-5-11(10-24)9-23-27(25,26)14-7-12(15(17,18)19)6-13(8-14)16(20,21)22/h2-3,6-8,10-11,23H,4-5,9H2,1H3/b3-2+. The van der Waals surface area contributed by atoms with Crippen molar-refractivity contribution in [2.24, 2.45) is 5.92 Å². The van der Waals surface area contributed by atoms with Gasteiger partial charge < -0.3 is 4.79 Å². The number of hydrogen-bond acceptors (Lipinski definition) is 3. The van der Waals surface area contributed by atoms with Crippen LogP contribution in [0.15, 0.2) is 35.2 Å². The van der Waals surface area contributed by atoms with Crippen LogP contribution < -0.4 is 4.72 Å². The Bertz CT molecular complexity index is 752. The molecule has 0 aliphatic rings. The number of allylic oxidation sites excluding steroid dienone is 2. The molecule has 0 spiro atoms. The number of nitrogens with one attached hydrogen (secondary N) is 1. The first kappa shape index (κ1) is 23.2. The molecule has 0 radical (unpaired) electrons. The minimum absolute atomic E-state index is 0.118. The maximum atomic E-state index is 12.8. The van der Waals surface area contributed by atoms with E-state index < -0.39 is 50.9 Å². The Balaban J connectivity index is 3.16. The molecule has 0 aromatic heterocycles. The van der Waals surface area contributed by atoms with E-state index in [4.69, 9.17) is 0 Å². The van der Waals surface area contributed by atoms with Gasteiger partial charge in [-0.2, -0.15) is 26.3 Å². The molecule has 1 N–H and O–H groups in total. The first-order chi connectivity index (χ1) is 12.3. The van der Waals surface area contributed by atoms with Crippen molar-refractivity contribution in [3.63, 3.8) is 0 Å². The zero-order valence-electron chi connectivity index (χ0n) is 14.1. The van der Waals surface area contributed by atoms with E-state index in [-0.39, 0.29) is 24.6 Å². The first-order valence-electron chi connectivity index (χ1n) is 7.67. The lowest BCUT2D eigenvalue weighted by atomic mass is 10.1. The fourth-order valence-corrected chi connectivity index (χ4v) is 3.24. The first-order valence-corrected chi connectivity index (χ1v) is 9.15. The van der Waals surface area contributed by atoms with Gasteiger partial charge in [-0.1, -0.05) is 12.2 Å². The minimum Gasteiger partial charge on any atom is -0.303 e. The highest BCUT2D eigenvalue weighted by atomic mass is 32.2. The molecule has 4 nitrogen and oxygen atoms in total. The van der Waals surface area contributed by atoms with E-state index >= 15 is 0 Å². The minimum atomic E-state index is -5.16. The van der Waals surface area contributed by atoms with Crippen LogP contribution in [0, 0.1) is 5.92 Å². The van der Waals surface area contributed by atoms with Crippen molar-refractivity contribution in [3.05, 3.63) is 41.5 Å². The fraction of sp³-hybridized carbons (Fsp3) is 0.438. The van der Waals surface area contributed by atoms with Crippen molar-refractivity contribution in [2.75, 3.05) is 6.54 Å². The molecule has 1 unspecified atom stereocenters. The van der Waals surface area contributed by atoms with Gasteiger partial charge in [-0.3, -0.25) is 0 Å². The topological polar surface area (TPSA) is 63.2 Å². The molecule has 0 aliphatic carbocycles. The molecule has 0 fully saturated rings. The highest BCUT2D eigenvalue weighted by Crippen LogP contribution is 2.37. The monoisotopic (exact) mass is 417 g/mol. The maximum absolute atomic E-state index is 12.8. The molecule has 0 aliphatic heterocycles. The molecule has 0 bridgehead atoms. The summed E-state index contributed by atoms with van der Waals surface area (Å²) < 4.78 is 103. The highest BCUT2D eigenvalue weighted by Gasteiger charge is 2.38. The number of benzene rings is 1. The second-order valence-electron chi connectivity index (χ2n) is 5.64. The van der Waals surface area contributed by atoms with Crippen LogP contribution in [0.4, 0.5) is 26.3 Å². The second kappa shape index (κ2) is 8.87. The van der Waals surface area contributed by atoms with Gasteiger partial charge in [-0.05, 0) is 38.0 Å². The largest absolute Gasteiger partial charge is 0.416 e. The molecule has 1 aromatic rings. The Labute approximate surface area is 152 Å². The number of carbonyl (C=O) groups is 1. The van der Waals surface area contributed by atoms with Crippen molar-refractivity contribution in [1.29, 1.82) is 0 Å². The second-order valence-corrected chi connectivity index (χ2v) is 7.40. The summed E-state index contributed by atoms with van der Waals surface area (Å²) in [6, 6.07) is 0.0744. The van der Waals surface area contributed by atoms with Crippen molar-refractivity contribution in [2.45, 2.75) is 37.0 Å². The Morgan fingerprint density at radius 1 is 1.04 bits per heavy atom. The van der Waals surface area contributed by atoms with Crippen LogP contribution in [0.2, 0.25) is 0 Å². The lowest BCUT2D eigenvalue weighted by Gasteiger charge is -2.16. The quantitative estimate of drug-likeness (QED) is 0.392. The third-order valence-electron chi connectivity index (χ3n) is 3.54. The summed E-state index contributed by atoms with van der Waals surface area (Å²) in [6.07, 6.45) is -5.68. The van der Waals surface area contributed by atoms with E-state index in [0.717, 1.165) is 0 Å². The van der Waals surface area contributed by atoms with Gasteiger partial charge in [0, 0.05) is 12.5 Å². The van der Waals surface area contributed by atoms with Crippen LogP contribution in [0.25, 0.3) is 0 Å². The molecule has 1 rings (SSSR count). The summed E-state index contributed by atoms with van der Waals surface area (Å²) in [6.45, 7) is 1.30. The van der Waals surface area contributed by atoms with Gasteiger partial charge in [0.1, 0.15) is 6.29 Å². The summed E-state index contributed by atoms with van der Waals surface area (Å²) in [5.41, 5.74) is -3.48. The van der Waals surface area contributed by atoms with Crippen molar-refractivity contribution in [1.82, 2.24) is 4.72 Å². The number of halogens is 6. The van der Waals surface area contributed by atoms with Gasteiger partial charge in [0.2, 0.25) is 10.0 Å². The van der Waals surface area contributed by atoms with E-state index in [1.54, 1.807) is 19.1 Å². The van der Waals surface area contributed by atoms with Crippen molar-refractivity contribution < 1.29 is 39.6 Å². The number of alkyl halides is 6. The third-order valence-corrected chi connectivity index (χ3v) is 4.94. The SMILES string of the molecule is C/C=C/CCC(C=O)CNS(=O)(=O)c1cc(C(F)(F)F)cc(C(F)(F)F)c1. The Hall–Kier alpha value is -1.88. The highest BCUT2D eigenvalue weighted by molar-refractivity contribution is 7.89. The predicted molar refractivity (Wildman–Crippen MR) is 85.2 cm³/mol. The van der Waals surface area contributed by atoms with Gasteiger partial charge in [0.15, 0.2) is 0 Å². The molecular weight excluding hydrogens is 400 g/mol. The summed E-state index contributed by atoms with van der Waals surface area (Å²) >= 11 is 0. The van der Waals surface area contributed by atoms with E-state index in [1.807, 2.05) is 4.72 Å². The molecule has 152 valence electrons. The van der Waals surface area contributed by atoms with E-state index in [1.165, 1.54) is 0 Å². The van der Waals surface area contributed by atoms with Gasteiger partial charge >= 0.3 is 12.4 Å². The van der Waals surface area contributed by atoms with Crippen LogP contribution >= 0.6 is 0 Å². The van der Waals surface area contributed by atoms with Crippen molar-refractivity contribution in [3.8, 4) is 0 Å². The fourth-order valence-electron chi connectivity index (χ4n) is 2.08. The summed E-state index contributed by atoms with van der Waals surface area (Å²) in [7, 11) is -4.69. The van der Waals surface area contributed by atoms with Crippen LogP contribution in [0.3, 0.4) is 0 Å². The molecule has 1 aromatic carbocycles. The van der Waals surface area contributed by atoms with Crippen LogP contribution in [-0.4, -0.2) is 21.2 Å². The number of sulfonamides is 1. The summed E-state index contributed by atoms with van der Waals surface area (Å²) in [5.74, 6) is -0.774. The Morgan fingerprint density at radius 2 is 1.56 bits per heavy atom. The zero-order valence-corrected chi connectivity index (χ0v) is 14.9. The molecule has 0 saturated carbocycles. The molecule has 27 heavy (non-hydrogen) atoms. The Morgan fingerprint density at radius 3 is 1.96 bits per heavy atom. The number of aldehydes is 1. The van der Waals surface area contributed by atoms with Gasteiger partial charge in [-0.25, -0.2) is 13.1 Å². The lowest BCUT2D eigenvalue weighted by molar-refractivity contribution is -0.143. The van der Waals surface area contributed by atoms with Crippen LogP contribution in [0.1, 0.15) is 30.9 Å². The number of rotatable bonds is 8. The average molecular weight is 417 g/mol. The molecule has 0 amide bonds. The van der Waals surface area contributed by atoms with E-state index in [9.17, 15) is 39.6 Å². The van der Waals surface area contributed by atoms with Crippen molar-refractivity contribution >= 4 is 16.3 Å². The van der Waals surface area contributed by atoms with E-state index in [0.29, 0.717) is 12.7 Å². The molecule has 1 atom stereocenters. The van der Waals surface area contributed by atoms with E-state index in [2.05, 4.69) is 0 Å². The normalized spacial score (nSPS) is 14.5. The van der Waals surface area contributed by atoms with Crippen LogP contribution in [0.5, 0.6) is 0 Å². The smallest absolute Gasteiger partial charge is 0.303 e. The molecule has 0 heterocycles. The number of carbonyl (C=O) groups excluding carboxylic acids is 1. The molecule has 11 heteroatoms. The predicted octanol–water partition coefficient (Wildman–Crippen LogP) is 4.17. The summed E-state index contributed by atoms with van der Waals surface area (Å²) in [4.78, 5) is 9.79. The van der Waals surface area contributed by atoms with Gasteiger partial charge in [0.05, 0.1) is 16.0 Å². The van der Waals surface area contributed by atoms with Gasteiger partial charge in [0.25, 0.3) is 0 Å².